The van der Waals surface area contributed by atoms with Gasteiger partial charge in [0.1, 0.15) is 5.82 Å². The van der Waals surface area contributed by atoms with Gasteiger partial charge in [0, 0.05) is 11.5 Å². The summed E-state index contributed by atoms with van der Waals surface area (Å²) in [7, 11) is 0. The summed E-state index contributed by atoms with van der Waals surface area (Å²) in [5.41, 5.74) is 1.62. The van der Waals surface area contributed by atoms with Crippen molar-refractivity contribution in [3.63, 3.8) is 0 Å². The van der Waals surface area contributed by atoms with Crippen molar-refractivity contribution in [2.45, 2.75) is 39.2 Å². The summed E-state index contributed by atoms with van der Waals surface area (Å²) in [6.45, 7) is 8.25. The molecule has 0 spiro atoms. The molecule has 3 nitrogen and oxygen atoms in total. The fraction of sp³-hybridized carbons (Fsp3) is 0.300. The van der Waals surface area contributed by atoms with Gasteiger partial charge in [0.2, 0.25) is 0 Å². The maximum Gasteiger partial charge on any atom is 0.261 e. The van der Waals surface area contributed by atoms with Gasteiger partial charge in [-0.1, -0.05) is 49.4 Å². The monoisotopic (exact) mass is 306 g/mol. The highest BCUT2D eigenvalue weighted by atomic mass is 16.1. The van der Waals surface area contributed by atoms with Crippen LogP contribution in [0.3, 0.4) is 0 Å². The van der Waals surface area contributed by atoms with E-state index >= 15 is 0 Å². The molecule has 0 amide bonds. The fourth-order valence-corrected chi connectivity index (χ4v) is 2.98. The molecule has 0 saturated heterocycles. The molecule has 3 aromatic rings. The average Bonchev–Trinajstić information content (AvgIpc) is 2.53. The summed E-state index contributed by atoms with van der Waals surface area (Å²) in [6.07, 6.45) is 0. The molecule has 0 radical (unpaired) electrons. The summed E-state index contributed by atoms with van der Waals surface area (Å²) in [5.74, 6) is 0.861. The van der Waals surface area contributed by atoms with Gasteiger partial charge in [-0.2, -0.15) is 0 Å². The van der Waals surface area contributed by atoms with Crippen LogP contribution >= 0.6 is 0 Å². The Bertz CT molecular complexity index is 889. The first-order valence-corrected chi connectivity index (χ1v) is 7.96. The highest BCUT2D eigenvalue weighted by molar-refractivity contribution is 5.77. The van der Waals surface area contributed by atoms with E-state index in [1.807, 2.05) is 67.8 Å². The first-order chi connectivity index (χ1) is 10.9. The molecule has 1 heterocycles. The Labute approximate surface area is 136 Å². The maximum absolute atomic E-state index is 13.1. The molecule has 0 aliphatic heterocycles. The van der Waals surface area contributed by atoms with E-state index in [1.165, 1.54) is 0 Å². The van der Waals surface area contributed by atoms with Crippen molar-refractivity contribution in [3.05, 3.63) is 76.3 Å². The van der Waals surface area contributed by atoms with Crippen LogP contribution in [0.5, 0.6) is 0 Å². The summed E-state index contributed by atoms with van der Waals surface area (Å²) < 4.78 is 1.84. The molecule has 23 heavy (non-hydrogen) atoms. The van der Waals surface area contributed by atoms with Crippen molar-refractivity contribution in [1.29, 1.82) is 0 Å². The van der Waals surface area contributed by atoms with Gasteiger partial charge in [-0.25, -0.2) is 4.98 Å². The van der Waals surface area contributed by atoms with Gasteiger partial charge < -0.3 is 0 Å². The lowest BCUT2D eigenvalue weighted by Gasteiger charge is -2.28. The number of fused-ring (bicyclic) bond motifs is 1. The summed E-state index contributed by atoms with van der Waals surface area (Å²) >= 11 is 0. The predicted octanol–water partition coefficient (Wildman–Crippen LogP) is 4.30. The summed E-state index contributed by atoms with van der Waals surface area (Å²) in [4.78, 5) is 17.9. The lowest BCUT2D eigenvalue weighted by molar-refractivity contribution is 0.363. The first kappa shape index (κ1) is 15.5. The Morgan fingerprint density at radius 3 is 2.22 bits per heavy atom. The molecule has 118 valence electrons. The molecule has 0 bridgehead atoms. The SMILES string of the molecule is C[C@H](c1ccccc1)c1nc2ccccc2c(=O)n1C(C)(C)C. The molecule has 0 N–H and O–H groups in total. The Morgan fingerprint density at radius 2 is 1.57 bits per heavy atom. The standard InChI is InChI=1S/C20H22N2O/c1-14(15-10-6-5-7-11-15)18-21-17-13-9-8-12-16(17)19(23)22(18)20(2,3)4/h5-14H,1-4H3/t14-/m1/s1. The van der Waals surface area contributed by atoms with Gasteiger partial charge in [0.25, 0.3) is 5.56 Å². The van der Waals surface area contributed by atoms with E-state index < -0.39 is 0 Å². The van der Waals surface area contributed by atoms with Crippen molar-refractivity contribution in [2.24, 2.45) is 0 Å². The van der Waals surface area contributed by atoms with Gasteiger partial charge in [0.05, 0.1) is 10.9 Å². The molecular formula is C20H22N2O. The molecule has 0 aliphatic carbocycles. The smallest absolute Gasteiger partial charge is 0.261 e. The van der Waals surface area contributed by atoms with Gasteiger partial charge in [-0.3, -0.25) is 9.36 Å². The number of aromatic nitrogens is 2. The van der Waals surface area contributed by atoms with Crippen molar-refractivity contribution in [1.82, 2.24) is 9.55 Å². The summed E-state index contributed by atoms with van der Waals surface area (Å²) in [6, 6.07) is 17.8. The van der Waals surface area contributed by atoms with Gasteiger partial charge in [-0.05, 0) is 38.5 Å². The molecule has 0 fully saturated rings. The normalized spacial score (nSPS) is 13.2. The minimum atomic E-state index is -0.327. The Kier molecular flexibility index (Phi) is 3.80. The molecule has 0 unspecified atom stereocenters. The zero-order valence-electron chi connectivity index (χ0n) is 14.1. The Balaban J connectivity index is 2.33. The number of rotatable bonds is 2. The third-order valence-corrected chi connectivity index (χ3v) is 4.16. The first-order valence-electron chi connectivity index (χ1n) is 7.96. The zero-order valence-corrected chi connectivity index (χ0v) is 14.1. The van der Waals surface area contributed by atoms with Crippen LogP contribution in [-0.4, -0.2) is 9.55 Å². The predicted molar refractivity (Wildman–Crippen MR) is 95.0 cm³/mol. The lowest BCUT2D eigenvalue weighted by atomic mass is 9.97. The van der Waals surface area contributed by atoms with Crippen LogP contribution in [0.1, 0.15) is 45.0 Å². The average molecular weight is 306 g/mol. The minimum absolute atomic E-state index is 0.0286. The second kappa shape index (κ2) is 5.65. The summed E-state index contributed by atoms with van der Waals surface area (Å²) in [5, 5.41) is 0.673. The number of para-hydroxylation sites is 1. The van der Waals surface area contributed by atoms with Crippen LogP contribution in [0.2, 0.25) is 0 Å². The number of hydrogen-bond donors (Lipinski definition) is 0. The second-order valence-electron chi connectivity index (χ2n) is 6.93. The van der Waals surface area contributed by atoms with E-state index in [4.69, 9.17) is 4.98 Å². The largest absolute Gasteiger partial charge is 0.290 e. The van der Waals surface area contributed by atoms with Crippen molar-refractivity contribution < 1.29 is 0 Å². The van der Waals surface area contributed by atoms with Crippen LogP contribution in [0, 0.1) is 0 Å². The third kappa shape index (κ3) is 2.79. The van der Waals surface area contributed by atoms with Crippen molar-refractivity contribution >= 4 is 10.9 Å². The number of benzene rings is 2. The van der Waals surface area contributed by atoms with E-state index in [9.17, 15) is 4.79 Å². The van der Waals surface area contributed by atoms with E-state index in [2.05, 4.69) is 19.1 Å². The number of nitrogens with zero attached hydrogens (tertiary/aromatic N) is 2. The molecular weight excluding hydrogens is 284 g/mol. The van der Waals surface area contributed by atoms with Crippen LogP contribution in [-0.2, 0) is 5.54 Å². The van der Waals surface area contributed by atoms with E-state index in [1.54, 1.807) is 0 Å². The maximum atomic E-state index is 13.1. The molecule has 0 saturated carbocycles. The molecule has 3 heteroatoms. The van der Waals surface area contributed by atoms with E-state index in [0.717, 1.165) is 16.9 Å². The molecule has 2 aromatic carbocycles. The lowest BCUT2D eigenvalue weighted by Crippen LogP contribution is -2.38. The topological polar surface area (TPSA) is 34.9 Å². The minimum Gasteiger partial charge on any atom is -0.290 e. The highest BCUT2D eigenvalue weighted by Crippen LogP contribution is 2.26. The van der Waals surface area contributed by atoms with Gasteiger partial charge >= 0.3 is 0 Å². The Hall–Kier alpha value is -2.42. The highest BCUT2D eigenvalue weighted by Gasteiger charge is 2.25. The van der Waals surface area contributed by atoms with Crippen molar-refractivity contribution in [2.75, 3.05) is 0 Å². The molecule has 1 atom stereocenters. The Morgan fingerprint density at radius 1 is 0.957 bits per heavy atom. The molecule has 1 aromatic heterocycles. The van der Waals surface area contributed by atoms with Crippen LogP contribution in [0.25, 0.3) is 10.9 Å². The number of hydrogen-bond acceptors (Lipinski definition) is 2. The van der Waals surface area contributed by atoms with Crippen LogP contribution < -0.4 is 5.56 Å². The molecule has 0 aliphatic rings. The van der Waals surface area contributed by atoms with Crippen molar-refractivity contribution in [3.8, 4) is 0 Å². The van der Waals surface area contributed by atoms with Gasteiger partial charge in [-0.15, -0.1) is 0 Å². The van der Waals surface area contributed by atoms with E-state index in [0.29, 0.717) is 5.39 Å². The van der Waals surface area contributed by atoms with E-state index in [-0.39, 0.29) is 17.0 Å². The fourth-order valence-electron chi connectivity index (χ4n) is 2.98. The quantitative estimate of drug-likeness (QED) is 0.707. The zero-order chi connectivity index (χ0) is 16.6. The van der Waals surface area contributed by atoms with Crippen LogP contribution in [0.4, 0.5) is 0 Å². The van der Waals surface area contributed by atoms with Gasteiger partial charge in [0.15, 0.2) is 0 Å². The van der Waals surface area contributed by atoms with Crippen LogP contribution in [0.15, 0.2) is 59.4 Å². The second-order valence-corrected chi connectivity index (χ2v) is 6.93. The molecule has 3 rings (SSSR count). The third-order valence-electron chi connectivity index (χ3n) is 4.16.